The molecule has 2 heteroatoms. The molecule has 2 nitrogen and oxygen atoms in total. The van der Waals surface area contributed by atoms with Crippen LogP contribution in [0.15, 0.2) is 12.7 Å². The van der Waals surface area contributed by atoms with Crippen molar-refractivity contribution in [1.29, 1.82) is 0 Å². The topological polar surface area (TPSA) is 29.5 Å². The summed E-state index contributed by atoms with van der Waals surface area (Å²) in [6.07, 6.45) is 1.29. The van der Waals surface area contributed by atoms with Crippen LogP contribution in [0.4, 0.5) is 0 Å². The van der Waals surface area contributed by atoms with Crippen LogP contribution >= 0.6 is 0 Å². The van der Waals surface area contributed by atoms with Crippen LogP contribution in [-0.2, 0) is 4.74 Å². The number of hydrogen-bond acceptors (Lipinski definition) is 2. The second-order valence-electron chi connectivity index (χ2n) is 1.68. The Morgan fingerprint density at radius 3 is 3.00 bits per heavy atom. The summed E-state index contributed by atoms with van der Waals surface area (Å²) in [6, 6.07) is 0. The summed E-state index contributed by atoms with van der Waals surface area (Å²) in [6.45, 7) is 6.05. The zero-order valence-corrected chi connectivity index (χ0v) is 5.13. The summed E-state index contributed by atoms with van der Waals surface area (Å²) in [5.74, 6) is 0. The van der Waals surface area contributed by atoms with Crippen molar-refractivity contribution in [3.63, 3.8) is 0 Å². The number of aliphatic hydroxyl groups excluding tert-OH is 1. The number of ether oxygens (including phenoxy) is 1. The Kier molecular flexibility index (Phi) is 4.61. The Morgan fingerprint density at radius 2 is 2.62 bits per heavy atom. The average molecular weight is 118 g/mol. The van der Waals surface area contributed by atoms with E-state index in [1.54, 1.807) is 13.0 Å². The summed E-state index contributed by atoms with van der Waals surface area (Å²) in [5.41, 5.74) is 0. The van der Waals surface area contributed by atoms with Gasteiger partial charge in [0.05, 0.1) is 19.3 Å². The van der Waals surface area contributed by atoms with E-state index in [1.807, 2.05) is 0 Å². The average Bonchev–Trinajstić information content (AvgIpc) is 1.66. The van der Waals surface area contributed by atoms with E-state index >= 15 is 0 Å². The molecule has 0 aliphatic carbocycles. The molecule has 0 radical (unpaired) electrons. The van der Waals surface area contributed by atoms with E-state index in [-0.39, 0.29) is 6.10 Å². The predicted molar refractivity (Wildman–Crippen MR) is 32.7 cm³/mol. The SMILES string of the molecule is C=CCO[14CH2]C(C)O. The van der Waals surface area contributed by atoms with E-state index in [4.69, 9.17) is 9.84 Å². The fraction of sp³-hybridized carbons (Fsp3) is 0.667. The van der Waals surface area contributed by atoms with Gasteiger partial charge in [0.25, 0.3) is 0 Å². The number of hydrogen-bond donors (Lipinski definition) is 1. The van der Waals surface area contributed by atoms with E-state index in [2.05, 4.69) is 6.58 Å². The van der Waals surface area contributed by atoms with Crippen molar-refractivity contribution in [2.75, 3.05) is 13.2 Å². The lowest BCUT2D eigenvalue weighted by Crippen LogP contribution is -2.09. The second-order valence-corrected chi connectivity index (χ2v) is 1.68. The molecule has 0 aromatic heterocycles. The van der Waals surface area contributed by atoms with Crippen LogP contribution in [0.3, 0.4) is 0 Å². The largest absolute Gasteiger partial charge is 0.391 e. The van der Waals surface area contributed by atoms with E-state index < -0.39 is 0 Å². The van der Waals surface area contributed by atoms with Gasteiger partial charge in [-0.2, -0.15) is 0 Å². The molecule has 1 N–H and O–H groups in total. The normalized spacial score (nSPS) is 13.2. The van der Waals surface area contributed by atoms with Crippen LogP contribution in [0.2, 0.25) is 0 Å². The lowest BCUT2D eigenvalue weighted by molar-refractivity contribution is 0.0599. The Balaban J connectivity index is 2.81. The van der Waals surface area contributed by atoms with E-state index in [0.29, 0.717) is 13.2 Å². The summed E-state index contributed by atoms with van der Waals surface area (Å²) >= 11 is 0. The van der Waals surface area contributed by atoms with E-state index in [1.165, 1.54) is 0 Å². The molecule has 1 unspecified atom stereocenters. The molecule has 0 amide bonds. The third-order valence-corrected chi connectivity index (χ3v) is 0.595. The molecule has 0 saturated heterocycles. The quantitative estimate of drug-likeness (QED) is 0.432. The Morgan fingerprint density at radius 1 is 2.00 bits per heavy atom. The molecular formula is C6H12O2. The van der Waals surface area contributed by atoms with Gasteiger partial charge in [-0.25, -0.2) is 0 Å². The van der Waals surface area contributed by atoms with Gasteiger partial charge in [0.1, 0.15) is 0 Å². The summed E-state index contributed by atoms with van der Waals surface area (Å²) in [7, 11) is 0. The second kappa shape index (κ2) is 4.81. The first-order valence-corrected chi connectivity index (χ1v) is 2.64. The maximum absolute atomic E-state index is 8.62. The third-order valence-electron chi connectivity index (χ3n) is 0.595. The zero-order chi connectivity index (χ0) is 6.41. The molecule has 0 fully saturated rings. The molecule has 0 aliphatic heterocycles. The monoisotopic (exact) mass is 118 g/mol. The van der Waals surface area contributed by atoms with E-state index in [9.17, 15) is 0 Å². The Labute approximate surface area is 49.8 Å². The molecule has 0 aliphatic rings. The molecule has 0 aromatic carbocycles. The van der Waals surface area contributed by atoms with Gasteiger partial charge < -0.3 is 9.84 Å². The first kappa shape index (κ1) is 7.66. The molecule has 0 rings (SSSR count). The van der Waals surface area contributed by atoms with Gasteiger partial charge in [0.2, 0.25) is 0 Å². The van der Waals surface area contributed by atoms with Crippen molar-refractivity contribution in [3.8, 4) is 0 Å². The Hall–Kier alpha value is -0.340. The summed E-state index contributed by atoms with van der Waals surface area (Å²) in [4.78, 5) is 0. The van der Waals surface area contributed by atoms with Gasteiger partial charge in [0.15, 0.2) is 0 Å². The Bertz CT molecular complexity index is 59.5. The standard InChI is InChI=1S/C6H12O2/c1-3-4-8-5-6(2)7/h3,6-7H,1,4-5H2,2H3/i5+2. The number of rotatable bonds is 4. The van der Waals surface area contributed by atoms with Gasteiger partial charge in [-0.3, -0.25) is 0 Å². The lowest BCUT2D eigenvalue weighted by atomic mass is 10.7. The molecule has 0 bridgehead atoms. The maximum Gasteiger partial charge on any atom is 0.0745 e. The molecule has 0 spiro atoms. The fourth-order valence-electron chi connectivity index (χ4n) is 0.322. The highest BCUT2D eigenvalue weighted by atomic mass is 16.7. The molecular weight excluding hydrogens is 106 g/mol. The van der Waals surface area contributed by atoms with Crippen molar-refractivity contribution < 1.29 is 9.84 Å². The van der Waals surface area contributed by atoms with Gasteiger partial charge in [-0.1, -0.05) is 6.08 Å². The highest BCUT2D eigenvalue weighted by molar-refractivity contribution is 4.63. The lowest BCUT2D eigenvalue weighted by Gasteiger charge is -2.01. The maximum atomic E-state index is 8.62. The number of aliphatic hydroxyl groups is 1. The molecule has 0 aromatic rings. The minimum Gasteiger partial charge on any atom is -0.391 e. The molecule has 0 saturated carbocycles. The molecule has 8 heavy (non-hydrogen) atoms. The van der Waals surface area contributed by atoms with Crippen molar-refractivity contribution in [2.45, 2.75) is 13.0 Å². The van der Waals surface area contributed by atoms with Crippen LogP contribution in [-0.4, -0.2) is 24.4 Å². The van der Waals surface area contributed by atoms with Crippen LogP contribution in [0.25, 0.3) is 0 Å². The first-order valence-electron chi connectivity index (χ1n) is 2.64. The van der Waals surface area contributed by atoms with E-state index in [0.717, 1.165) is 0 Å². The molecule has 0 heterocycles. The van der Waals surface area contributed by atoms with Crippen LogP contribution < -0.4 is 0 Å². The molecule has 1 atom stereocenters. The van der Waals surface area contributed by atoms with Gasteiger partial charge in [-0.05, 0) is 6.92 Å². The van der Waals surface area contributed by atoms with Crippen LogP contribution in [0.1, 0.15) is 6.92 Å². The van der Waals surface area contributed by atoms with Crippen LogP contribution in [0, 0.1) is 0 Å². The predicted octanol–water partition coefficient (Wildman–Crippen LogP) is 0.570. The fourth-order valence-corrected chi connectivity index (χ4v) is 0.322. The highest BCUT2D eigenvalue weighted by Gasteiger charge is 1.90. The smallest absolute Gasteiger partial charge is 0.0745 e. The van der Waals surface area contributed by atoms with Crippen LogP contribution in [0.5, 0.6) is 0 Å². The highest BCUT2D eigenvalue weighted by Crippen LogP contribution is 1.81. The first-order chi connectivity index (χ1) is 3.77. The van der Waals surface area contributed by atoms with Crippen molar-refractivity contribution in [1.82, 2.24) is 0 Å². The van der Waals surface area contributed by atoms with Gasteiger partial charge in [0, 0.05) is 0 Å². The summed E-state index contributed by atoms with van der Waals surface area (Å²) < 4.78 is 4.88. The van der Waals surface area contributed by atoms with Gasteiger partial charge >= 0.3 is 0 Å². The van der Waals surface area contributed by atoms with Crippen molar-refractivity contribution in [3.05, 3.63) is 12.7 Å². The summed E-state index contributed by atoms with van der Waals surface area (Å²) in [5, 5.41) is 8.62. The van der Waals surface area contributed by atoms with Crippen molar-refractivity contribution in [2.24, 2.45) is 0 Å². The van der Waals surface area contributed by atoms with Crippen molar-refractivity contribution >= 4 is 0 Å². The minimum absolute atomic E-state index is 0.366. The third kappa shape index (κ3) is 5.66. The minimum atomic E-state index is -0.366. The zero-order valence-electron chi connectivity index (χ0n) is 5.13. The van der Waals surface area contributed by atoms with Gasteiger partial charge in [-0.15, -0.1) is 6.58 Å². The molecule has 48 valence electrons.